The smallest absolute Gasteiger partial charge is 0.311 e. The zero-order valence-corrected chi connectivity index (χ0v) is 14.7. The average Bonchev–Trinajstić information content (AvgIpc) is 2.57. The second-order valence-corrected chi connectivity index (χ2v) is 6.29. The normalized spacial score (nSPS) is 11.6. The number of hydrogen-bond acceptors (Lipinski definition) is 4. The molecule has 0 saturated heterocycles. The second kappa shape index (κ2) is 6.52. The molecule has 2 heterocycles. The van der Waals surface area contributed by atoms with Gasteiger partial charge in [0.15, 0.2) is 0 Å². The number of anilines is 1. The lowest BCUT2D eigenvalue weighted by atomic mass is 10.1. The molecule has 2 aromatic heterocycles. The number of aryl methyl sites for hydroxylation is 1. The molecule has 0 bridgehead atoms. The molecule has 1 amide bonds. The molecule has 10 heteroatoms. The van der Waals surface area contributed by atoms with Crippen LogP contribution in [0.2, 0.25) is 0 Å². The number of pyridine rings is 1. The Morgan fingerprint density at radius 1 is 1.19 bits per heavy atom. The van der Waals surface area contributed by atoms with E-state index in [4.69, 9.17) is 0 Å². The molecule has 0 aliphatic carbocycles. The Bertz CT molecular complexity index is 1060. The van der Waals surface area contributed by atoms with Crippen LogP contribution in [0.3, 0.4) is 0 Å². The molecule has 0 aliphatic rings. The number of amides is 1. The number of alkyl halides is 3. The molecule has 0 fully saturated rings. The van der Waals surface area contributed by atoms with Gasteiger partial charge in [0, 0.05) is 29.3 Å². The van der Waals surface area contributed by atoms with Gasteiger partial charge in [-0.05, 0) is 24.3 Å². The predicted molar refractivity (Wildman–Crippen MR) is 91.9 cm³/mol. The molecule has 0 aliphatic heterocycles. The van der Waals surface area contributed by atoms with Crippen LogP contribution in [0, 0.1) is 0 Å². The first-order valence-corrected chi connectivity index (χ1v) is 7.96. The average molecular weight is 427 g/mol. The first-order valence-electron chi connectivity index (χ1n) is 7.16. The zero-order valence-electron chi connectivity index (χ0n) is 13.1. The summed E-state index contributed by atoms with van der Waals surface area (Å²) in [5, 5.41) is 2.87. The minimum absolute atomic E-state index is 0.179. The van der Waals surface area contributed by atoms with Crippen LogP contribution in [0.4, 0.5) is 19.1 Å². The molecular weight excluding hydrogens is 417 g/mol. The van der Waals surface area contributed by atoms with Gasteiger partial charge in [0.1, 0.15) is 5.56 Å². The highest BCUT2D eigenvalue weighted by Gasteiger charge is 2.31. The van der Waals surface area contributed by atoms with Crippen molar-refractivity contribution in [2.45, 2.75) is 6.18 Å². The van der Waals surface area contributed by atoms with Gasteiger partial charge in [-0.15, -0.1) is 0 Å². The van der Waals surface area contributed by atoms with Gasteiger partial charge in [-0.25, -0.2) is 9.97 Å². The first-order chi connectivity index (χ1) is 12.2. The van der Waals surface area contributed by atoms with Gasteiger partial charge in [0.25, 0.3) is 11.5 Å². The number of rotatable bonds is 2. The predicted octanol–water partition coefficient (Wildman–Crippen LogP) is 3.36. The van der Waals surface area contributed by atoms with Crippen molar-refractivity contribution in [3.05, 3.63) is 62.6 Å². The molecular formula is C16H10BrF3N4O2. The van der Waals surface area contributed by atoms with Crippen molar-refractivity contribution in [3.63, 3.8) is 0 Å². The number of carbonyl (C=O) groups is 1. The van der Waals surface area contributed by atoms with Crippen LogP contribution in [0.5, 0.6) is 0 Å². The van der Waals surface area contributed by atoms with Crippen LogP contribution < -0.4 is 10.9 Å². The van der Waals surface area contributed by atoms with Crippen LogP contribution in [0.25, 0.3) is 10.9 Å². The summed E-state index contributed by atoms with van der Waals surface area (Å²) in [4.78, 5) is 31.7. The fourth-order valence-corrected chi connectivity index (χ4v) is 2.70. The van der Waals surface area contributed by atoms with E-state index in [-0.39, 0.29) is 11.5 Å². The number of halogens is 4. The third-order valence-corrected chi connectivity index (χ3v) is 4.13. The summed E-state index contributed by atoms with van der Waals surface area (Å²) in [5.74, 6) is -1.15. The van der Waals surface area contributed by atoms with Crippen molar-refractivity contribution in [2.24, 2.45) is 7.05 Å². The van der Waals surface area contributed by atoms with Crippen molar-refractivity contribution >= 4 is 38.7 Å². The van der Waals surface area contributed by atoms with Crippen molar-refractivity contribution in [3.8, 4) is 0 Å². The van der Waals surface area contributed by atoms with Gasteiger partial charge >= 0.3 is 6.18 Å². The lowest BCUT2D eigenvalue weighted by Crippen LogP contribution is -2.28. The van der Waals surface area contributed by atoms with Crippen molar-refractivity contribution < 1.29 is 18.0 Å². The SMILES string of the molecule is Cn1c(=O)c(C(=O)Nc2ncc(C(F)(F)F)cn2)cc2cc(Br)ccc21. The van der Waals surface area contributed by atoms with Crippen LogP contribution in [0.1, 0.15) is 15.9 Å². The standard InChI is InChI=1S/C16H10BrF3N4O2/c1-24-12-3-2-10(17)4-8(12)5-11(14(24)26)13(25)23-15-21-6-9(7-22-15)16(18,19)20/h2-7H,1H3,(H,21,22,23,25). The van der Waals surface area contributed by atoms with Gasteiger partial charge in [-0.2, -0.15) is 13.2 Å². The lowest BCUT2D eigenvalue weighted by Gasteiger charge is -2.10. The summed E-state index contributed by atoms with van der Waals surface area (Å²) in [6, 6.07) is 6.63. The van der Waals surface area contributed by atoms with E-state index in [0.717, 1.165) is 4.47 Å². The lowest BCUT2D eigenvalue weighted by molar-refractivity contribution is -0.138. The van der Waals surface area contributed by atoms with E-state index in [1.54, 1.807) is 18.2 Å². The summed E-state index contributed by atoms with van der Waals surface area (Å²) in [7, 11) is 1.52. The topological polar surface area (TPSA) is 76.9 Å². The van der Waals surface area contributed by atoms with Crippen molar-refractivity contribution in [1.82, 2.24) is 14.5 Å². The van der Waals surface area contributed by atoms with E-state index in [1.165, 1.54) is 17.7 Å². The Kier molecular flexibility index (Phi) is 4.53. The van der Waals surface area contributed by atoms with Gasteiger partial charge < -0.3 is 4.57 Å². The molecule has 0 atom stereocenters. The van der Waals surface area contributed by atoms with Gasteiger partial charge in [-0.1, -0.05) is 15.9 Å². The molecule has 26 heavy (non-hydrogen) atoms. The molecule has 0 unspecified atom stereocenters. The summed E-state index contributed by atoms with van der Waals surface area (Å²) >= 11 is 3.31. The Hall–Kier alpha value is -2.75. The minimum atomic E-state index is -4.58. The maximum atomic E-state index is 12.5. The molecule has 1 N–H and O–H groups in total. The van der Waals surface area contributed by atoms with E-state index in [9.17, 15) is 22.8 Å². The minimum Gasteiger partial charge on any atom is -0.311 e. The Balaban J connectivity index is 1.95. The summed E-state index contributed by atoms with van der Waals surface area (Å²) in [6.45, 7) is 0. The molecule has 3 rings (SSSR count). The third-order valence-electron chi connectivity index (χ3n) is 3.63. The molecule has 1 aromatic carbocycles. The highest BCUT2D eigenvalue weighted by Crippen LogP contribution is 2.28. The van der Waals surface area contributed by atoms with E-state index >= 15 is 0 Å². The molecule has 6 nitrogen and oxygen atoms in total. The third kappa shape index (κ3) is 3.45. The molecule has 0 radical (unpaired) electrons. The van der Waals surface area contributed by atoms with Crippen LogP contribution in [-0.4, -0.2) is 20.4 Å². The van der Waals surface area contributed by atoms with Crippen molar-refractivity contribution in [1.29, 1.82) is 0 Å². The quantitative estimate of drug-likeness (QED) is 0.681. The number of aromatic nitrogens is 3. The van der Waals surface area contributed by atoms with Crippen LogP contribution in [-0.2, 0) is 13.2 Å². The number of carbonyl (C=O) groups excluding carboxylic acids is 1. The highest BCUT2D eigenvalue weighted by atomic mass is 79.9. The molecule has 134 valence electrons. The van der Waals surface area contributed by atoms with E-state index in [2.05, 4.69) is 31.2 Å². The Morgan fingerprint density at radius 2 is 1.85 bits per heavy atom. The number of nitrogens with one attached hydrogen (secondary N) is 1. The van der Waals surface area contributed by atoms with E-state index in [1.807, 2.05) is 0 Å². The number of benzene rings is 1. The summed E-state index contributed by atoms with van der Waals surface area (Å²) < 4.78 is 39.6. The molecule has 0 saturated carbocycles. The number of fused-ring (bicyclic) bond motifs is 1. The number of hydrogen-bond donors (Lipinski definition) is 1. The zero-order chi connectivity index (χ0) is 19.1. The van der Waals surface area contributed by atoms with E-state index in [0.29, 0.717) is 23.3 Å². The fourth-order valence-electron chi connectivity index (χ4n) is 2.32. The van der Waals surface area contributed by atoms with E-state index < -0.39 is 23.2 Å². The number of nitrogens with zero attached hydrogens (tertiary/aromatic N) is 3. The molecule has 3 aromatic rings. The Morgan fingerprint density at radius 3 is 2.46 bits per heavy atom. The summed E-state index contributed by atoms with van der Waals surface area (Å²) in [6.07, 6.45) is -3.47. The Labute approximate surface area is 152 Å². The maximum Gasteiger partial charge on any atom is 0.419 e. The second-order valence-electron chi connectivity index (χ2n) is 5.37. The highest BCUT2D eigenvalue weighted by molar-refractivity contribution is 9.10. The van der Waals surface area contributed by atoms with Gasteiger partial charge in [0.05, 0.1) is 11.1 Å². The largest absolute Gasteiger partial charge is 0.419 e. The van der Waals surface area contributed by atoms with Crippen LogP contribution >= 0.6 is 15.9 Å². The monoisotopic (exact) mass is 426 g/mol. The summed E-state index contributed by atoms with van der Waals surface area (Å²) in [5.41, 5.74) is -1.15. The van der Waals surface area contributed by atoms with Crippen LogP contribution in [0.15, 0.2) is 45.9 Å². The first kappa shape index (κ1) is 18.1. The maximum absolute atomic E-state index is 12.5. The fraction of sp³-hybridized carbons (Fsp3) is 0.125. The van der Waals surface area contributed by atoms with Gasteiger partial charge in [0.2, 0.25) is 5.95 Å². The van der Waals surface area contributed by atoms with Crippen molar-refractivity contribution in [2.75, 3.05) is 5.32 Å². The van der Waals surface area contributed by atoms with Gasteiger partial charge in [-0.3, -0.25) is 14.9 Å². The molecule has 0 spiro atoms.